The van der Waals surface area contributed by atoms with Crippen LogP contribution < -0.4 is 4.74 Å². The van der Waals surface area contributed by atoms with E-state index in [2.05, 4.69) is 11.7 Å². The van der Waals surface area contributed by atoms with Crippen molar-refractivity contribution in [1.82, 2.24) is 14.1 Å². The Morgan fingerprint density at radius 2 is 2.10 bits per heavy atom. The third-order valence-corrected chi connectivity index (χ3v) is 6.57. The van der Waals surface area contributed by atoms with E-state index in [0.717, 1.165) is 4.09 Å². The van der Waals surface area contributed by atoms with Gasteiger partial charge in [0.05, 0.1) is 36.8 Å². The first-order valence-electron chi connectivity index (χ1n) is 9.01. The Balaban J connectivity index is 1.83. The predicted octanol–water partition coefficient (Wildman–Crippen LogP) is 1.78. The van der Waals surface area contributed by atoms with E-state index in [0.29, 0.717) is 22.6 Å². The number of aromatic nitrogens is 2. The molecule has 2 heterocycles. The number of carbonyl (C=O) groups is 1. The van der Waals surface area contributed by atoms with Gasteiger partial charge in [0.2, 0.25) is 5.91 Å². The number of methoxy groups -OCH3 is 1. The molecule has 0 aliphatic carbocycles. The highest BCUT2D eigenvalue weighted by Gasteiger charge is 2.34. The van der Waals surface area contributed by atoms with Crippen molar-refractivity contribution in [3.05, 3.63) is 70.9 Å². The SMILES string of the molecule is C=C/C(=C\C)S(=O)(=O)n1cc2c(n1)CN(C(=O)[C@H](CO)c1ccccc1OC)C2. The van der Waals surface area contributed by atoms with Gasteiger partial charge in [0.25, 0.3) is 10.0 Å². The minimum atomic E-state index is -3.80. The van der Waals surface area contributed by atoms with Crippen LogP contribution in [-0.2, 0) is 27.9 Å². The van der Waals surface area contributed by atoms with Crippen molar-refractivity contribution >= 4 is 15.9 Å². The number of benzene rings is 1. The van der Waals surface area contributed by atoms with Crippen LogP contribution >= 0.6 is 0 Å². The van der Waals surface area contributed by atoms with Crippen molar-refractivity contribution < 1.29 is 23.1 Å². The summed E-state index contributed by atoms with van der Waals surface area (Å²) >= 11 is 0. The maximum Gasteiger partial charge on any atom is 0.282 e. The molecule has 0 radical (unpaired) electrons. The molecular formula is C20H23N3O5S. The molecule has 1 N–H and O–H groups in total. The second-order valence-corrected chi connectivity index (χ2v) is 8.34. The zero-order valence-electron chi connectivity index (χ0n) is 16.3. The van der Waals surface area contributed by atoms with Crippen LogP contribution in [0.5, 0.6) is 5.75 Å². The summed E-state index contributed by atoms with van der Waals surface area (Å²) in [5, 5.41) is 14.0. The van der Waals surface area contributed by atoms with E-state index < -0.39 is 15.9 Å². The smallest absolute Gasteiger partial charge is 0.282 e. The lowest BCUT2D eigenvalue weighted by Gasteiger charge is -2.23. The van der Waals surface area contributed by atoms with Crippen LogP contribution in [0.25, 0.3) is 0 Å². The summed E-state index contributed by atoms with van der Waals surface area (Å²) in [7, 11) is -2.29. The van der Waals surface area contributed by atoms with E-state index in [9.17, 15) is 18.3 Å². The second-order valence-electron chi connectivity index (χ2n) is 6.55. The van der Waals surface area contributed by atoms with E-state index in [4.69, 9.17) is 4.74 Å². The highest BCUT2D eigenvalue weighted by Crippen LogP contribution is 2.31. The Hall–Kier alpha value is -2.91. The van der Waals surface area contributed by atoms with Gasteiger partial charge in [-0.3, -0.25) is 4.79 Å². The minimum Gasteiger partial charge on any atom is -0.496 e. The summed E-state index contributed by atoms with van der Waals surface area (Å²) in [4.78, 5) is 14.6. The molecule has 1 aromatic carbocycles. The van der Waals surface area contributed by atoms with Crippen LogP contribution in [0.15, 0.2) is 54.1 Å². The maximum atomic E-state index is 13.0. The van der Waals surface area contributed by atoms with E-state index in [1.807, 2.05) is 0 Å². The fourth-order valence-electron chi connectivity index (χ4n) is 3.37. The van der Waals surface area contributed by atoms with E-state index in [1.54, 1.807) is 36.1 Å². The van der Waals surface area contributed by atoms with E-state index >= 15 is 0 Å². The summed E-state index contributed by atoms with van der Waals surface area (Å²) < 4.78 is 31.3. The molecule has 0 bridgehead atoms. The Kier molecular flexibility index (Phi) is 5.90. The first-order valence-corrected chi connectivity index (χ1v) is 10.5. The number of nitrogens with zero attached hydrogens (tertiary/aromatic N) is 3. The lowest BCUT2D eigenvalue weighted by Crippen LogP contribution is -2.33. The first-order chi connectivity index (χ1) is 13.9. The molecule has 0 saturated heterocycles. The van der Waals surface area contributed by atoms with Crippen LogP contribution in [0.1, 0.15) is 29.7 Å². The standard InChI is InChI=1S/C20H23N3O5S/c1-4-15(5-2)29(26,27)23-11-14-10-22(12-18(14)21-23)20(25)17(13-24)16-8-6-7-9-19(16)28-3/h4-9,11,17,24H,1,10,12-13H2,2-3H3/b15-5+/t17-/m1/s1. The second kappa shape index (κ2) is 8.22. The Morgan fingerprint density at radius 1 is 1.38 bits per heavy atom. The Morgan fingerprint density at radius 3 is 2.69 bits per heavy atom. The van der Waals surface area contributed by atoms with Gasteiger partial charge in [0, 0.05) is 23.9 Å². The molecule has 1 amide bonds. The van der Waals surface area contributed by atoms with Crippen molar-refractivity contribution in [2.75, 3.05) is 13.7 Å². The van der Waals surface area contributed by atoms with E-state index in [-0.39, 0.29) is 30.5 Å². The lowest BCUT2D eigenvalue weighted by molar-refractivity contribution is -0.134. The molecule has 1 aliphatic heterocycles. The van der Waals surface area contributed by atoms with Gasteiger partial charge in [-0.25, -0.2) is 0 Å². The zero-order chi connectivity index (χ0) is 21.2. The number of ether oxygens (including phenoxy) is 1. The topological polar surface area (TPSA) is 102 Å². The van der Waals surface area contributed by atoms with Crippen molar-refractivity contribution in [2.45, 2.75) is 25.9 Å². The molecule has 1 aliphatic rings. The lowest BCUT2D eigenvalue weighted by atomic mass is 9.97. The Bertz CT molecular complexity index is 1050. The largest absolute Gasteiger partial charge is 0.496 e. The van der Waals surface area contributed by atoms with E-state index in [1.165, 1.54) is 25.5 Å². The number of aliphatic hydroxyl groups is 1. The molecule has 29 heavy (non-hydrogen) atoms. The summed E-state index contributed by atoms with van der Waals surface area (Å²) in [6.07, 6.45) is 4.13. The van der Waals surface area contributed by atoms with Gasteiger partial charge >= 0.3 is 0 Å². The normalized spacial score (nSPS) is 15.1. The van der Waals surface area contributed by atoms with Crippen molar-refractivity contribution in [3.63, 3.8) is 0 Å². The number of aliphatic hydroxyl groups excluding tert-OH is 1. The summed E-state index contributed by atoms with van der Waals surface area (Å²) in [6, 6.07) is 7.05. The number of hydrogen-bond acceptors (Lipinski definition) is 6. The zero-order valence-corrected chi connectivity index (χ0v) is 17.1. The van der Waals surface area contributed by atoms with Gasteiger partial charge in [-0.1, -0.05) is 30.9 Å². The number of carbonyl (C=O) groups excluding carboxylic acids is 1. The number of para-hydroxylation sites is 1. The van der Waals surface area contributed by atoms with Crippen LogP contribution in [0.2, 0.25) is 0 Å². The van der Waals surface area contributed by atoms with Crippen LogP contribution in [0.3, 0.4) is 0 Å². The number of allylic oxidation sites excluding steroid dienone is 2. The number of hydrogen-bond donors (Lipinski definition) is 1. The molecule has 3 rings (SSSR count). The van der Waals surface area contributed by atoms with Gasteiger partial charge in [-0.15, -0.1) is 0 Å². The molecule has 0 saturated carbocycles. The third-order valence-electron chi connectivity index (χ3n) is 4.89. The fraction of sp³-hybridized carbons (Fsp3) is 0.300. The molecule has 1 aromatic heterocycles. The van der Waals surface area contributed by atoms with Gasteiger partial charge in [0.1, 0.15) is 5.75 Å². The molecule has 9 heteroatoms. The highest BCUT2D eigenvalue weighted by molar-refractivity contribution is 7.93. The molecule has 0 spiro atoms. The van der Waals surface area contributed by atoms with Gasteiger partial charge in [0.15, 0.2) is 0 Å². The number of rotatable bonds is 7. The van der Waals surface area contributed by atoms with Crippen LogP contribution in [0.4, 0.5) is 0 Å². The van der Waals surface area contributed by atoms with Gasteiger partial charge in [-0.05, 0) is 19.1 Å². The van der Waals surface area contributed by atoms with Crippen molar-refractivity contribution in [1.29, 1.82) is 0 Å². The average Bonchev–Trinajstić information content (AvgIpc) is 3.29. The summed E-state index contributed by atoms with van der Waals surface area (Å²) in [5.74, 6) is -0.525. The third kappa shape index (κ3) is 3.70. The Labute approximate surface area is 169 Å². The molecular weight excluding hydrogens is 394 g/mol. The van der Waals surface area contributed by atoms with Crippen LogP contribution in [-0.4, -0.2) is 47.2 Å². The number of amides is 1. The molecule has 2 aromatic rings. The van der Waals surface area contributed by atoms with Crippen molar-refractivity contribution in [3.8, 4) is 5.75 Å². The maximum absolute atomic E-state index is 13.0. The molecule has 1 atom stereocenters. The van der Waals surface area contributed by atoms with Gasteiger partial charge in [-0.2, -0.15) is 17.6 Å². The minimum absolute atomic E-state index is 0.0584. The van der Waals surface area contributed by atoms with Crippen LogP contribution in [0, 0.1) is 0 Å². The molecule has 0 fully saturated rings. The van der Waals surface area contributed by atoms with Gasteiger partial charge < -0.3 is 14.7 Å². The first kappa shape index (κ1) is 20.8. The molecule has 0 unspecified atom stereocenters. The number of fused-ring (bicyclic) bond motifs is 1. The fourth-order valence-corrected chi connectivity index (χ4v) is 4.57. The molecule has 154 valence electrons. The van der Waals surface area contributed by atoms with Crippen molar-refractivity contribution in [2.24, 2.45) is 0 Å². The predicted molar refractivity (Wildman–Crippen MR) is 108 cm³/mol. The highest BCUT2D eigenvalue weighted by atomic mass is 32.2. The molecule has 8 nitrogen and oxygen atoms in total. The summed E-state index contributed by atoms with van der Waals surface area (Å²) in [5.41, 5.74) is 1.76. The summed E-state index contributed by atoms with van der Waals surface area (Å²) in [6.45, 7) is 5.14. The quantitative estimate of drug-likeness (QED) is 0.689. The monoisotopic (exact) mass is 417 g/mol. The average molecular weight is 417 g/mol.